The number of carbonyl (C=O) groups excluding carboxylic acids is 1. The van der Waals surface area contributed by atoms with Gasteiger partial charge in [0, 0.05) is 16.4 Å². The lowest BCUT2D eigenvalue weighted by atomic mass is 9.88. The molecule has 0 saturated carbocycles. The largest absolute Gasteiger partial charge is 0.512 e. The van der Waals surface area contributed by atoms with Gasteiger partial charge < -0.3 is 5.11 Å². The van der Waals surface area contributed by atoms with E-state index in [0.29, 0.717) is 18.4 Å². The van der Waals surface area contributed by atoms with Gasteiger partial charge in [0.25, 0.3) is 0 Å². The molecule has 2 nitrogen and oxygen atoms in total. The van der Waals surface area contributed by atoms with E-state index in [2.05, 4.69) is 29.5 Å². The van der Waals surface area contributed by atoms with Crippen molar-refractivity contribution in [3.8, 4) is 0 Å². The molecule has 0 saturated heterocycles. The van der Waals surface area contributed by atoms with E-state index >= 15 is 0 Å². The third-order valence-corrected chi connectivity index (χ3v) is 3.78. The maximum atomic E-state index is 12.0. The van der Waals surface area contributed by atoms with Crippen molar-refractivity contribution in [2.45, 2.75) is 32.6 Å². The zero-order chi connectivity index (χ0) is 12.4. The van der Waals surface area contributed by atoms with Crippen molar-refractivity contribution in [3.05, 3.63) is 38.7 Å². The zero-order valence-electron chi connectivity index (χ0n) is 9.79. The Morgan fingerprint density at radius 3 is 2.76 bits per heavy atom. The van der Waals surface area contributed by atoms with Gasteiger partial charge in [0.15, 0.2) is 5.78 Å². The summed E-state index contributed by atoms with van der Waals surface area (Å²) in [6.45, 7) is 2.07. The van der Waals surface area contributed by atoms with Crippen LogP contribution in [0.4, 0.5) is 0 Å². The Kier molecular flexibility index (Phi) is 3.86. The third kappa shape index (κ3) is 2.54. The Balaban J connectivity index is 2.59. The molecule has 1 N–H and O–H groups in total. The van der Waals surface area contributed by atoms with E-state index in [1.54, 1.807) is 0 Å². The molecule has 0 aliphatic heterocycles. The molecule has 0 radical (unpaired) electrons. The van der Waals surface area contributed by atoms with Crippen molar-refractivity contribution in [2.75, 3.05) is 0 Å². The lowest BCUT2D eigenvalue weighted by molar-refractivity contribution is -0.114. The number of allylic oxidation sites excluding steroid dienone is 2. The Labute approximate surface area is 115 Å². The molecule has 1 aromatic carbocycles. The van der Waals surface area contributed by atoms with E-state index in [9.17, 15) is 9.90 Å². The summed E-state index contributed by atoms with van der Waals surface area (Å²) >= 11 is 2.23. The van der Waals surface area contributed by atoms with Gasteiger partial charge in [-0.3, -0.25) is 4.79 Å². The fourth-order valence-corrected chi connectivity index (χ4v) is 2.71. The van der Waals surface area contributed by atoms with Crippen molar-refractivity contribution in [3.63, 3.8) is 0 Å². The first-order valence-corrected chi connectivity index (χ1v) is 6.95. The molecule has 0 bridgehead atoms. The van der Waals surface area contributed by atoms with Crippen molar-refractivity contribution >= 4 is 33.9 Å². The number of aliphatic hydroxyl groups is 1. The van der Waals surface area contributed by atoms with Gasteiger partial charge in [-0.25, -0.2) is 0 Å². The average Bonchev–Trinajstić information content (AvgIpc) is 2.29. The Morgan fingerprint density at radius 1 is 1.35 bits per heavy atom. The van der Waals surface area contributed by atoms with Crippen LogP contribution < -0.4 is 0 Å². The molecular formula is C14H15IO2. The lowest BCUT2D eigenvalue weighted by Crippen LogP contribution is -2.12. The topological polar surface area (TPSA) is 37.3 Å². The number of carbonyl (C=O) groups is 1. The first kappa shape index (κ1) is 12.6. The van der Waals surface area contributed by atoms with Crippen LogP contribution in [-0.4, -0.2) is 10.9 Å². The smallest absolute Gasteiger partial charge is 0.166 e. The second-order valence-corrected chi connectivity index (χ2v) is 5.50. The van der Waals surface area contributed by atoms with Crippen LogP contribution >= 0.6 is 22.6 Å². The van der Waals surface area contributed by atoms with E-state index in [1.807, 2.05) is 18.2 Å². The number of ketones is 1. The molecule has 0 unspecified atom stereocenters. The molecule has 1 aliphatic rings. The summed E-state index contributed by atoms with van der Waals surface area (Å²) in [6, 6.07) is 6.07. The molecule has 0 amide bonds. The summed E-state index contributed by atoms with van der Waals surface area (Å²) < 4.78 is 1.09. The number of hydrogen-bond donors (Lipinski definition) is 1. The van der Waals surface area contributed by atoms with Crippen LogP contribution in [-0.2, 0) is 11.2 Å². The zero-order valence-corrected chi connectivity index (χ0v) is 12.0. The molecule has 17 heavy (non-hydrogen) atoms. The van der Waals surface area contributed by atoms with Crippen molar-refractivity contribution < 1.29 is 9.90 Å². The fraction of sp³-hybridized carbons (Fsp3) is 0.357. The average molecular weight is 342 g/mol. The highest BCUT2D eigenvalue weighted by Gasteiger charge is 2.23. The van der Waals surface area contributed by atoms with Crippen LogP contribution in [0.2, 0.25) is 0 Å². The van der Waals surface area contributed by atoms with E-state index < -0.39 is 0 Å². The first-order valence-electron chi connectivity index (χ1n) is 5.87. The van der Waals surface area contributed by atoms with Crippen molar-refractivity contribution in [2.24, 2.45) is 0 Å². The quantitative estimate of drug-likeness (QED) is 0.829. The van der Waals surface area contributed by atoms with Crippen LogP contribution in [0.15, 0.2) is 24.0 Å². The summed E-state index contributed by atoms with van der Waals surface area (Å²) in [5.41, 5.74) is 2.59. The maximum Gasteiger partial charge on any atom is 0.166 e. The minimum Gasteiger partial charge on any atom is -0.512 e. The van der Waals surface area contributed by atoms with Gasteiger partial charge in [-0.1, -0.05) is 13.0 Å². The van der Waals surface area contributed by atoms with E-state index in [1.165, 1.54) is 0 Å². The van der Waals surface area contributed by atoms with Crippen LogP contribution in [0.25, 0.3) is 5.57 Å². The summed E-state index contributed by atoms with van der Waals surface area (Å²) in [7, 11) is 0. The standard InChI is InChI=1S/C14H15IO2/c1-2-9-6-7-10(15)8-11(9)14-12(16)4-3-5-13(14)17/h6-8,16H,2-5H2,1H3. The molecule has 0 heterocycles. The third-order valence-electron chi connectivity index (χ3n) is 3.11. The van der Waals surface area contributed by atoms with Crippen LogP contribution in [0.1, 0.15) is 37.3 Å². The number of Topliss-reactive ketones (excluding diaryl/α,β-unsaturated/α-hetero) is 1. The molecule has 1 aliphatic carbocycles. The lowest BCUT2D eigenvalue weighted by Gasteiger charge is -2.18. The fourth-order valence-electron chi connectivity index (χ4n) is 2.22. The number of aliphatic hydroxyl groups excluding tert-OH is 1. The highest BCUT2D eigenvalue weighted by Crippen LogP contribution is 2.31. The highest BCUT2D eigenvalue weighted by atomic mass is 127. The monoisotopic (exact) mass is 342 g/mol. The minimum absolute atomic E-state index is 0.0745. The number of hydrogen-bond acceptors (Lipinski definition) is 2. The van der Waals surface area contributed by atoms with Crippen LogP contribution in [0.3, 0.4) is 0 Å². The number of rotatable bonds is 2. The van der Waals surface area contributed by atoms with Gasteiger partial charge in [-0.2, -0.15) is 0 Å². The van der Waals surface area contributed by atoms with Crippen LogP contribution in [0, 0.1) is 3.57 Å². The Morgan fingerprint density at radius 2 is 2.12 bits per heavy atom. The highest BCUT2D eigenvalue weighted by molar-refractivity contribution is 14.1. The van der Waals surface area contributed by atoms with Gasteiger partial charge in [-0.15, -0.1) is 0 Å². The second kappa shape index (κ2) is 5.21. The second-order valence-electron chi connectivity index (χ2n) is 4.25. The van der Waals surface area contributed by atoms with E-state index in [4.69, 9.17) is 0 Å². The van der Waals surface area contributed by atoms with E-state index in [-0.39, 0.29) is 11.5 Å². The molecule has 0 spiro atoms. The van der Waals surface area contributed by atoms with Gasteiger partial charge in [0.2, 0.25) is 0 Å². The van der Waals surface area contributed by atoms with Gasteiger partial charge in [-0.05, 0) is 58.7 Å². The molecule has 0 fully saturated rings. The number of aryl methyl sites for hydroxylation is 1. The summed E-state index contributed by atoms with van der Waals surface area (Å²) in [5.74, 6) is 0.336. The normalized spacial score (nSPS) is 16.5. The SMILES string of the molecule is CCc1ccc(I)cc1C1=C(O)CCCC1=O. The molecule has 0 aromatic heterocycles. The number of benzene rings is 1. The minimum atomic E-state index is 0.0745. The molecule has 1 aromatic rings. The van der Waals surface area contributed by atoms with Crippen molar-refractivity contribution in [1.29, 1.82) is 0 Å². The van der Waals surface area contributed by atoms with Gasteiger partial charge in [0.1, 0.15) is 5.76 Å². The van der Waals surface area contributed by atoms with Crippen LogP contribution in [0.5, 0.6) is 0 Å². The molecule has 3 heteroatoms. The summed E-state index contributed by atoms with van der Waals surface area (Å²) in [5, 5.41) is 9.96. The van der Waals surface area contributed by atoms with Gasteiger partial charge in [0.05, 0.1) is 5.57 Å². The predicted molar refractivity (Wildman–Crippen MR) is 76.9 cm³/mol. The molecule has 0 atom stereocenters. The maximum absolute atomic E-state index is 12.0. The van der Waals surface area contributed by atoms with Gasteiger partial charge >= 0.3 is 0 Å². The summed E-state index contributed by atoms with van der Waals surface area (Å²) in [6.07, 6.45) is 2.81. The Hall–Kier alpha value is -0.840. The summed E-state index contributed by atoms with van der Waals surface area (Å²) in [4.78, 5) is 12.0. The molecule has 90 valence electrons. The van der Waals surface area contributed by atoms with Crippen molar-refractivity contribution in [1.82, 2.24) is 0 Å². The van der Waals surface area contributed by atoms with E-state index in [0.717, 1.165) is 27.5 Å². The molecular weight excluding hydrogens is 327 g/mol. The number of halogens is 1. The first-order chi connectivity index (χ1) is 8.13. The Bertz CT molecular complexity index is 489. The molecule has 2 rings (SSSR count). The predicted octanol–water partition coefficient (Wildman–Crippen LogP) is 3.88.